The first-order valence-electron chi connectivity index (χ1n) is 11.2. The number of ether oxygens (including phenoxy) is 1. The number of hydrazone groups is 1. The van der Waals surface area contributed by atoms with Gasteiger partial charge in [0.05, 0.1) is 30.5 Å². The minimum Gasteiger partial charge on any atom is -0.378 e. The number of benzene rings is 1. The third kappa shape index (κ3) is 6.28. The van der Waals surface area contributed by atoms with Crippen LogP contribution in [0.5, 0.6) is 0 Å². The van der Waals surface area contributed by atoms with Gasteiger partial charge in [0.25, 0.3) is 0 Å². The van der Waals surface area contributed by atoms with E-state index < -0.39 is 17.6 Å². The van der Waals surface area contributed by atoms with Crippen molar-refractivity contribution in [3.05, 3.63) is 41.8 Å². The summed E-state index contributed by atoms with van der Waals surface area (Å²) in [6.45, 7) is 7.78. The Morgan fingerprint density at radius 2 is 1.91 bits per heavy atom. The van der Waals surface area contributed by atoms with Gasteiger partial charge in [-0.25, -0.2) is 19.8 Å². The molecule has 0 radical (unpaired) electrons. The molecule has 2 aliphatic rings. The fourth-order valence-corrected chi connectivity index (χ4v) is 3.99. The molecule has 13 heteroatoms. The highest BCUT2D eigenvalue weighted by Gasteiger charge is 2.33. The van der Waals surface area contributed by atoms with Crippen molar-refractivity contribution in [1.82, 2.24) is 19.9 Å². The molecule has 1 aromatic carbocycles. The van der Waals surface area contributed by atoms with Crippen LogP contribution in [0.25, 0.3) is 0 Å². The molecule has 1 aromatic heterocycles. The zero-order chi connectivity index (χ0) is 25.1. The molecule has 2 saturated heterocycles. The van der Waals surface area contributed by atoms with Gasteiger partial charge in [-0.15, -0.1) is 0 Å². The van der Waals surface area contributed by atoms with E-state index in [1.807, 2.05) is 23.8 Å². The summed E-state index contributed by atoms with van der Waals surface area (Å²) < 4.78 is 58.5. The van der Waals surface area contributed by atoms with Crippen LogP contribution in [0.3, 0.4) is 0 Å². The normalized spacial score (nSPS) is 19.3. The second kappa shape index (κ2) is 10.2. The highest BCUT2D eigenvalue weighted by molar-refractivity contribution is 5.58. The van der Waals surface area contributed by atoms with Gasteiger partial charge in [0, 0.05) is 38.4 Å². The van der Waals surface area contributed by atoms with Crippen molar-refractivity contribution in [2.45, 2.75) is 25.6 Å². The summed E-state index contributed by atoms with van der Waals surface area (Å²) in [6.07, 6.45) is -1.66. The number of anilines is 3. The largest absolute Gasteiger partial charge is 0.416 e. The number of morpholine rings is 1. The average Bonchev–Trinajstić information content (AvgIpc) is 2.81. The van der Waals surface area contributed by atoms with Gasteiger partial charge < -0.3 is 20.0 Å². The fourth-order valence-electron chi connectivity index (χ4n) is 3.99. The quantitative estimate of drug-likeness (QED) is 0.273. The van der Waals surface area contributed by atoms with E-state index in [0.29, 0.717) is 51.6 Å². The zero-order valence-corrected chi connectivity index (χ0v) is 19.5. The Morgan fingerprint density at radius 1 is 1.14 bits per heavy atom. The van der Waals surface area contributed by atoms with Crippen LogP contribution in [-0.4, -0.2) is 77.7 Å². The summed E-state index contributed by atoms with van der Waals surface area (Å²) in [5.41, 5.74) is 5.13. The molecule has 0 unspecified atom stereocenters. The van der Waals surface area contributed by atoms with Crippen molar-refractivity contribution in [3.63, 3.8) is 0 Å². The number of nitrogens with zero attached hydrogens (tertiary/aromatic N) is 6. The lowest BCUT2D eigenvalue weighted by atomic mass is 10.0. The molecule has 190 valence electrons. The molecular formula is C22H28F4N8O. The van der Waals surface area contributed by atoms with Gasteiger partial charge in [-0.3, -0.25) is 0 Å². The molecule has 0 bridgehead atoms. The van der Waals surface area contributed by atoms with Crippen LogP contribution in [0.1, 0.15) is 19.4 Å². The topological polar surface area (TPSA) is 81.2 Å². The van der Waals surface area contributed by atoms with Gasteiger partial charge in [-0.1, -0.05) is 6.07 Å². The molecule has 0 atom stereocenters. The standard InChI is InChI=1S/C22H28F4N8O/c1-21(2)14-34(31-17-5-3-4-16(12-17)22(24,25)26)7-6-33(21)15-28-30-20-27-13-18(23)19(29-20)32-8-10-35-11-9-32/h3-5,12-13,15,31H,6-11,14H2,1-2H3,(H,27,29,30). The smallest absolute Gasteiger partial charge is 0.378 e. The molecule has 0 saturated carbocycles. The van der Waals surface area contributed by atoms with Gasteiger partial charge in [0.15, 0.2) is 11.6 Å². The van der Waals surface area contributed by atoms with Crippen LogP contribution < -0.4 is 15.8 Å². The number of rotatable bonds is 6. The molecule has 0 amide bonds. The number of alkyl halides is 3. The summed E-state index contributed by atoms with van der Waals surface area (Å²) in [5, 5.41) is 6.10. The van der Waals surface area contributed by atoms with E-state index in [1.165, 1.54) is 6.07 Å². The number of halogens is 4. The van der Waals surface area contributed by atoms with E-state index >= 15 is 0 Å². The minimum absolute atomic E-state index is 0.173. The lowest BCUT2D eigenvalue weighted by Gasteiger charge is -2.46. The first kappa shape index (κ1) is 24.9. The van der Waals surface area contributed by atoms with E-state index in [-0.39, 0.29) is 17.3 Å². The summed E-state index contributed by atoms with van der Waals surface area (Å²) in [4.78, 5) is 12.0. The van der Waals surface area contributed by atoms with Crippen molar-refractivity contribution < 1.29 is 22.3 Å². The Hall–Kier alpha value is -3.19. The highest BCUT2D eigenvalue weighted by Crippen LogP contribution is 2.31. The Bertz CT molecular complexity index is 1040. The van der Waals surface area contributed by atoms with E-state index in [0.717, 1.165) is 18.3 Å². The number of piperazine rings is 1. The first-order chi connectivity index (χ1) is 16.6. The van der Waals surface area contributed by atoms with Crippen LogP contribution >= 0.6 is 0 Å². The number of hydrogen-bond acceptors (Lipinski definition) is 8. The third-order valence-electron chi connectivity index (χ3n) is 5.84. The second-order valence-electron chi connectivity index (χ2n) is 8.94. The molecule has 35 heavy (non-hydrogen) atoms. The fraction of sp³-hybridized carbons (Fsp3) is 0.500. The summed E-state index contributed by atoms with van der Waals surface area (Å²) in [7, 11) is 0. The maximum absolute atomic E-state index is 14.2. The zero-order valence-electron chi connectivity index (χ0n) is 19.5. The molecule has 2 N–H and O–H groups in total. The Morgan fingerprint density at radius 3 is 2.63 bits per heavy atom. The van der Waals surface area contributed by atoms with Gasteiger partial charge in [0.1, 0.15) is 6.34 Å². The molecular weight excluding hydrogens is 468 g/mol. The van der Waals surface area contributed by atoms with Crippen LogP contribution in [0, 0.1) is 5.82 Å². The summed E-state index contributed by atoms with van der Waals surface area (Å²) in [6, 6.07) is 5.13. The van der Waals surface area contributed by atoms with Crippen LogP contribution in [0.4, 0.5) is 35.0 Å². The minimum atomic E-state index is -4.39. The Balaban J connectivity index is 1.35. The lowest BCUT2D eigenvalue weighted by Crippen LogP contribution is -2.59. The van der Waals surface area contributed by atoms with E-state index in [1.54, 1.807) is 17.3 Å². The molecule has 3 heterocycles. The number of aromatic nitrogens is 2. The van der Waals surface area contributed by atoms with Crippen molar-refractivity contribution in [2.75, 3.05) is 61.7 Å². The molecule has 4 rings (SSSR count). The molecule has 0 spiro atoms. The van der Waals surface area contributed by atoms with E-state index in [4.69, 9.17) is 4.74 Å². The predicted octanol–water partition coefficient (Wildman–Crippen LogP) is 3.25. The van der Waals surface area contributed by atoms with Crippen molar-refractivity contribution in [1.29, 1.82) is 0 Å². The maximum Gasteiger partial charge on any atom is 0.416 e. The Labute approximate surface area is 200 Å². The van der Waals surface area contributed by atoms with E-state index in [2.05, 4.69) is 25.9 Å². The maximum atomic E-state index is 14.2. The van der Waals surface area contributed by atoms with Gasteiger partial charge >= 0.3 is 6.18 Å². The average molecular weight is 497 g/mol. The van der Waals surface area contributed by atoms with Crippen LogP contribution in [0.2, 0.25) is 0 Å². The number of nitrogens with one attached hydrogen (secondary N) is 2. The van der Waals surface area contributed by atoms with Crippen LogP contribution in [-0.2, 0) is 10.9 Å². The molecule has 2 aliphatic heterocycles. The summed E-state index contributed by atoms with van der Waals surface area (Å²) >= 11 is 0. The lowest BCUT2D eigenvalue weighted by molar-refractivity contribution is -0.137. The van der Waals surface area contributed by atoms with Crippen molar-refractivity contribution in [3.8, 4) is 0 Å². The van der Waals surface area contributed by atoms with Gasteiger partial charge in [0.2, 0.25) is 5.95 Å². The van der Waals surface area contributed by atoms with Gasteiger partial charge in [-0.2, -0.15) is 23.3 Å². The molecule has 0 aliphatic carbocycles. The van der Waals surface area contributed by atoms with E-state index in [9.17, 15) is 17.6 Å². The highest BCUT2D eigenvalue weighted by atomic mass is 19.4. The Kier molecular flexibility index (Phi) is 7.26. The number of hydrazine groups is 1. The van der Waals surface area contributed by atoms with Crippen molar-refractivity contribution in [2.24, 2.45) is 5.10 Å². The number of hydrogen-bond donors (Lipinski definition) is 2. The predicted molar refractivity (Wildman–Crippen MR) is 125 cm³/mol. The monoisotopic (exact) mass is 496 g/mol. The molecule has 2 aromatic rings. The van der Waals surface area contributed by atoms with Gasteiger partial charge in [-0.05, 0) is 32.0 Å². The first-order valence-corrected chi connectivity index (χ1v) is 11.2. The van der Waals surface area contributed by atoms with Crippen molar-refractivity contribution >= 4 is 23.8 Å². The SMILES string of the molecule is CC1(C)CN(Nc2cccc(C(F)(F)F)c2)CCN1C=NNc1ncc(F)c(N2CCOCC2)n1. The molecule has 2 fully saturated rings. The molecule has 9 nitrogen and oxygen atoms in total. The third-order valence-corrected chi connectivity index (χ3v) is 5.84. The second-order valence-corrected chi connectivity index (χ2v) is 8.94. The van der Waals surface area contributed by atoms with Crippen LogP contribution in [0.15, 0.2) is 35.6 Å². The summed E-state index contributed by atoms with van der Waals surface area (Å²) in [5.74, 6) is -0.130.